The first-order valence-corrected chi connectivity index (χ1v) is 8.59. The number of phenolic OH excluding ortho intramolecular Hbond substituents is 1. The lowest BCUT2D eigenvalue weighted by Gasteiger charge is -2.35. The predicted octanol–water partition coefficient (Wildman–Crippen LogP) is 3.57. The van der Waals surface area contributed by atoms with Crippen LogP contribution in [0, 0.1) is 10.1 Å². The van der Waals surface area contributed by atoms with Crippen LogP contribution in [0.15, 0.2) is 36.4 Å². The van der Waals surface area contributed by atoms with Crippen LogP contribution in [0.25, 0.3) is 0 Å². The summed E-state index contributed by atoms with van der Waals surface area (Å²) in [4.78, 5) is 26.9. The number of nitro groups is 1. The molecule has 0 aliphatic carbocycles. The summed E-state index contributed by atoms with van der Waals surface area (Å²) < 4.78 is 0. The summed E-state index contributed by atoms with van der Waals surface area (Å²) >= 11 is 11.7. The lowest BCUT2D eigenvalue weighted by molar-refractivity contribution is -0.384. The molecule has 1 amide bonds. The fourth-order valence-electron chi connectivity index (χ4n) is 2.88. The Morgan fingerprint density at radius 1 is 1.08 bits per heavy atom. The number of amides is 1. The molecule has 0 aromatic heterocycles. The fourth-order valence-corrected chi connectivity index (χ4v) is 3.23. The van der Waals surface area contributed by atoms with Crippen molar-refractivity contribution in [2.75, 3.05) is 31.1 Å². The highest BCUT2D eigenvalue weighted by Crippen LogP contribution is 2.32. The van der Waals surface area contributed by atoms with Crippen LogP contribution in [0.5, 0.6) is 5.75 Å². The van der Waals surface area contributed by atoms with Crippen molar-refractivity contribution < 1.29 is 14.8 Å². The van der Waals surface area contributed by atoms with Gasteiger partial charge in [0, 0.05) is 42.8 Å². The summed E-state index contributed by atoms with van der Waals surface area (Å²) in [5.41, 5.74) is 0.820. The van der Waals surface area contributed by atoms with Gasteiger partial charge in [0.15, 0.2) is 0 Å². The van der Waals surface area contributed by atoms with Crippen LogP contribution in [0.1, 0.15) is 10.4 Å². The zero-order chi connectivity index (χ0) is 18.8. The first-order chi connectivity index (χ1) is 12.4. The number of hydrogen-bond donors (Lipinski definition) is 1. The zero-order valence-electron chi connectivity index (χ0n) is 13.6. The second-order valence-corrected chi connectivity index (χ2v) is 6.68. The van der Waals surface area contributed by atoms with Crippen molar-refractivity contribution in [3.8, 4) is 5.75 Å². The largest absolute Gasteiger partial charge is 0.506 e. The summed E-state index contributed by atoms with van der Waals surface area (Å²) in [5.74, 6) is -0.278. The summed E-state index contributed by atoms with van der Waals surface area (Å²) in [6, 6.07) is 8.88. The molecule has 0 spiro atoms. The van der Waals surface area contributed by atoms with Gasteiger partial charge in [0.05, 0.1) is 9.95 Å². The molecule has 136 valence electrons. The van der Waals surface area contributed by atoms with Gasteiger partial charge in [-0.05, 0) is 30.3 Å². The normalized spacial score (nSPS) is 14.4. The fraction of sp³-hybridized carbons (Fsp3) is 0.235. The molecule has 1 saturated heterocycles. The van der Waals surface area contributed by atoms with Crippen molar-refractivity contribution in [2.24, 2.45) is 0 Å². The molecule has 1 aliphatic heterocycles. The smallest absolute Gasteiger partial charge is 0.294 e. The van der Waals surface area contributed by atoms with Crippen molar-refractivity contribution in [2.45, 2.75) is 0 Å². The standard InChI is InChI=1S/C17H15Cl2N3O4/c18-12-2-3-14(15(10-12)22(25)26)20-5-7-21(8-6-20)17(24)11-1-4-16(23)13(19)9-11/h1-4,9-10,23H,5-8H2. The van der Waals surface area contributed by atoms with Gasteiger partial charge in [0.2, 0.25) is 0 Å². The quantitative estimate of drug-likeness (QED) is 0.633. The van der Waals surface area contributed by atoms with Gasteiger partial charge in [-0.25, -0.2) is 0 Å². The summed E-state index contributed by atoms with van der Waals surface area (Å²) in [7, 11) is 0. The maximum atomic E-state index is 12.6. The SMILES string of the molecule is O=C(c1ccc(O)c(Cl)c1)N1CCN(c2ccc(Cl)cc2[N+](=O)[O-])CC1. The topological polar surface area (TPSA) is 86.9 Å². The second-order valence-electron chi connectivity index (χ2n) is 5.84. The number of anilines is 1. The Kier molecular flexibility index (Phi) is 5.20. The number of carbonyl (C=O) groups is 1. The Morgan fingerprint density at radius 2 is 1.77 bits per heavy atom. The van der Waals surface area contributed by atoms with E-state index in [4.69, 9.17) is 23.2 Å². The number of phenols is 1. The minimum absolute atomic E-state index is 0.0532. The highest BCUT2D eigenvalue weighted by atomic mass is 35.5. The van der Waals surface area contributed by atoms with Gasteiger partial charge in [-0.3, -0.25) is 14.9 Å². The van der Waals surface area contributed by atoms with E-state index in [0.717, 1.165) is 0 Å². The van der Waals surface area contributed by atoms with Gasteiger partial charge in [0.1, 0.15) is 11.4 Å². The molecule has 0 radical (unpaired) electrons. The van der Waals surface area contributed by atoms with E-state index in [1.165, 1.54) is 24.3 Å². The molecular weight excluding hydrogens is 381 g/mol. The highest BCUT2D eigenvalue weighted by Gasteiger charge is 2.26. The lowest BCUT2D eigenvalue weighted by Crippen LogP contribution is -2.49. The van der Waals surface area contributed by atoms with Crippen molar-refractivity contribution in [1.29, 1.82) is 0 Å². The number of nitrogens with zero attached hydrogens (tertiary/aromatic N) is 3. The summed E-state index contributed by atoms with van der Waals surface area (Å²) in [5, 5.41) is 21.1. The molecule has 0 saturated carbocycles. The molecule has 1 N–H and O–H groups in total. The number of aromatic hydroxyl groups is 1. The first-order valence-electron chi connectivity index (χ1n) is 7.83. The molecule has 0 bridgehead atoms. The predicted molar refractivity (Wildman–Crippen MR) is 99.3 cm³/mol. The molecule has 1 aliphatic rings. The van der Waals surface area contributed by atoms with E-state index >= 15 is 0 Å². The number of nitro benzene ring substituents is 1. The van der Waals surface area contributed by atoms with E-state index in [1.54, 1.807) is 17.0 Å². The van der Waals surface area contributed by atoms with Crippen molar-refractivity contribution in [1.82, 2.24) is 4.90 Å². The van der Waals surface area contributed by atoms with Gasteiger partial charge >= 0.3 is 0 Å². The third-order valence-electron chi connectivity index (χ3n) is 4.24. The monoisotopic (exact) mass is 395 g/mol. The second kappa shape index (κ2) is 7.39. The molecule has 0 atom stereocenters. The molecule has 2 aromatic carbocycles. The van der Waals surface area contributed by atoms with Gasteiger partial charge in [-0.1, -0.05) is 23.2 Å². The third-order valence-corrected chi connectivity index (χ3v) is 4.77. The van der Waals surface area contributed by atoms with Crippen molar-refractivity contribution in [3.63, 3.8) is 0 Å². The van der Waals surface area contributed by atoms with E-state index < -0.39 is 4.92 Å². The van der Waals surface area contributed by atoms with E-state index in [-0.39, 0.29) is 22.4 Å². The highest BCUT2D eigenvalue weighted by molar-refractivity contribution is 6.32. The molecule has 1 heterocycles. The Hall–Kier alpha value is -2.51. The van der Waals surface area contributed by atoms with Gasteiger partial charge in [-0.15, -0.1) is 0 Å². The Labute approximate surface area is 159 Å². The minimum atomic E-state index is -0.461. The first kappa shape index (κ1) is 18.3. The number of piperazine rings is 1. The molecule has 7 nitrogen and oxygen atoms in total. The third kappa shape index (κ3) is 3.68. The van der Waals surface area contributed by atoms with E-state index in [2.05, 4.69) is 0 Å². The number of carbonyl (C=O) groups excluding carboxylic acids is 1. The molecule has 1 fully saturated rings. The average molecular weight is 396 g/mol. The average Bonchev–Trinajstić information content (AvgIpc) is 2.63. The summed E-state index contributed by atoms with van der Waals surface area (Å²) in [6.45, 7) is 1.74. The van der Waals surface area contributed by atoms with Gasteiger partial charge in [0.25, 0.3) is 11.6 Å². The van der Waals surface area contributed by atoms with Crippen LogP contribution in [0.2, 0.25) is 10.0 Å². The molecule has 3 rings (SSSR count). The maximum Gasteiger partial charge on any atom is 0.294 e. The Morgan fingerprint density at radius 3 is 2.38 bits per heavy atom. The minimum Gasteiger partial charge on any atom is -0.506 e. The molecule has 9 heteroatoms. The van der Waals surface area contributed by atoms with Gasteiger partial charge < -0.3 is 14.9 Å². The van der Waals surface area contributed by atoms with E-state index in [0.29, 0.717) is 42.5 Å². The zero-order valence-corrected chi connectivity index (χ0v) is 15.1. The van der Waals surface area contributed by atoms with Crippen LogP contribution in [-0.2, 0) is 0 Å². The number of rotatable bonds is 3. The van der Waals surface area contributed by atoms with Crippen LogP contribution in [0.4, 0.5) is 11.4 Å². The van der Waals surface area contributed by atoms with Crippen LogP contribution in [0.3, 0.4) is 0 Å². The van der Waals surface area contributed by atoms with Crippen LogP contribution in [-0.4, -0.2) is 47.0 Å². The molecular formula is C17H15Cl2N3O4. The maximum absolute atomic E-state index is 12.6. The van der Waals surface area contributed by atoms with Crippen molar-refractivity contribution >= 4 is 40.5 Å². The summed E-state index contributed by atoms with van der Waals surface area (Å²) in [6.07, 6.45) is 0. The van der Waals surface area contributed by atoms with Gasteiger partial charge in [-0.2, -0.15) is 0 Å². The molecule has 26 heavy (non-hydrogen) atoms. The van der Waals surface area contributed by atoms with Crippen molar-refractivity contribution in [3.05, 3.63) is 62.1 Å². The number of halogens is 2. The molecule has 0 unspecified atom stereocenters. The Balaban J connectivity index is 1.72. The lowest BCUT2D eigenvalue weighted by atomic mass is 10.1. The molecule has 2 aromatic rings. The number of hydrogen-bond acceptors (Lipinski definition) is 5. The van der Waals surface area contributed by atoms with Crippen LogP contribution < -0.4 is 4.90 Å². The number of benzene rings is 2. The van der Waals surface area contributed by atoms with Crippen LogP contribution >= 0.6 is 23.2 Å². The van der Waals surface area contributed by atoms with E-state index in [9.17, 15) is 20.0 Å². The Bertz CT molecular complexity index is 867. The van der Waals surface area contributed by atoms with E-state index in [1.807, 2.05) is 4.90 Å².